The standard InChI is InChI=1S/C14H22FN3O2S/c1-16-13(14-12(15)6-3-7-17-14)9-11-5-4-8-18(10-11)21(2,19)20/h3,6-7,11,13,16H,4-5,8-10H2,1-2H3. The first-order valence-corrected chi connectivity index (χ1v) is 8.99. The predicted molar refractivity (Wildman–Crippen MR) is 79.8 cm³/mol. The van der Waals surface area contributed by atoms with E-state index in [1.54, 1.807) is 19.3 Å². The first kappa shape index (κ1) is 16.3. The van der Waals surface area contributed by atoms with Crippen LogP contribution >= 0.6 is 0 Å². The monoisotopic (exact) mass is 315 g/mol. The van der Waals surface area contributed by atoms with E-state index in [0.29, 0.717) is 25.2 Å². The van der Waals surface area contributed by atoms with Crippen LogP contribution in [-0.2, 0) is 10.0 Å². The number of aromatic nitrogens is 1. The molecule has 118 valence electrons. The number of halogens is 1. The van der Waals surface area contributed by atoms with Crippen molar-refractivity contribution in [3.05, 3.63) is 29.8 Å². The van der Waals surface area contributed by atoms with Crippen molar-refractivity contribution in [2.45, 2.75) is 25.3 Å². The van der Waals surface area contributed by atoms with Gasteiger partial charge in [-0.2, -0.15) is 0 Å². The first-order chi connectivity index (χ1) is 9.91. The van der Waals surface area contributed by atoms with Gasteiger partial charge in [-0.1, -0.05) is 0 Å². The van der Waals surface area contributed by atoms with Gasteiger partial charge in [0.25, 0.3) is 0 Å². The van der Waals surface area contributed by atoms with E-state index in [-0.39, 0.29) is 17.8 Å². The van der Waals surface area contributed by atoms with Gasteiger partial charge in [0.05, 0.1) is 18.0 Å². The minimum atomic E-state index is -3.15. The molecule has 1 aliphatic heterocycles. The van der Waals surface area contributed by atoms with Crippen LogP contribution in [0.3, 0.4) is 0 Å². The number of hydrogen-bond acceptors (Lipinski definition) is 4. The average Bonchev–Trinajstić information content (AvgIpc) is 2.45. The fourth-order valence-electron chi connectivity index (χ4n) is 2.87. The highest BCUT2D eigenvalue weighted by atomic mass is 32.2. The molecule has 0 radical (unpaired) electrons. The molecule has 0 aliphatic carbocycles. The molecule has 5 nitrogen and oxygen atoms in total. The molecule has 2 heterocycles. The smallest absolute Gasteiger partial charge is 0.211 e. The summed E-state index contributed by atoms with van der Waals surface area (Å²) in [6, 6.07) is 2.77. The highest BCUT2D eigenvalue weighted by molar-refractivity contribution is 7.88. The van der Waals surface area contributed by atoms with Crippen LogP contribution in [0.1, 0.15) is 31.0 Å². The van der Waals surface area contributed by atoms with Crippen LogP contribution < -0.4 is 5.32 Å². The molecule has 2 unspecified atom stereocenters. The lowest BCUT2D eigenvalue weighted by Gasteiger charge is -2.32. The molecule has 0 aromatic carbocycles. The first-order valence-electron chi connectivity index (χ1n) is 7.14. The van der Waals surface area contributed by atoms with Crippen molar-refractivity contribution in [3.8, 4) is 0 Å². The Labute approximate surface area is 125 Å². The fourth-order valence-corrected chi connectivity index (χ4v) is 3.82. The zero-order valence-corrected chi connectivity index (χ0v) is 13.2. The molecule has 7 heteroatoms. The summed E-state index contributed by atoms with van der Waals surface area (Å²) in [4.78, 5) is 4.11. The minimum absolute atomic E-state index is 0.198. The SMILES string of the molecule is CNC(CC1CCCN(S(C)(=O)=O)C1)c1ncccc1F. The zero-order chi connectivity index (χ0) is 15.5. The van der Waals surface area contributed by atoms with E-state index in [2.05, 4.69) is 10.3 Å². The van der Waals surface area contributed by atoms with Crippen LogP contribution in [0.2, 0.25) is 0 Å². The Kier molecular flexibility index (Phi) is 5.29. The summed E-state index contributed by atoms with van der Waals surface area (Å²) in [5, 5.41) is 3.09. The van der Waals surface area contributed by atoms with Crippen molar-refractivity contribution >= 4 is 10.0 Å². The van der Waals surface area contributed by atoms with Crippen LogP contribution in [0.5, 0.6) is 0 Å². The van der Waals surface area contributed by atoms with E-state index in [0.717, 1.165) is 12.8 Å². The lowest BCUT2D eigenvalue weighted by atomic mass is 9.91. The lowest BCUT2D eigenvalue weighted by molar-refractivity contribution is 0.238. The third kappa shape index (κ3) is 4.21. The zero-order valence-electron chi connectivity index (χ0n) is 12.4. The van der Waals surface area contributed by atoms with Gasteiger partial charge in [-0.3, -0.25) is 4.98 Å². The van der Waals surface area contributed by atoms with Crippen LogP contribution in [0.15, 0.2) is 18.3 Å². The molecule has 2 rings (SSSR count). The summed E-state index contributed by atoms with van der Waals surface area (Å²) < 4.78 is 38.7. The summed E-state index contributed by atoms with van der Waals surface area (Å²) >= 11 is 0. The number of rotatable bonds is 5. The normalized spacial score (nSPS) is 22.1. The number of pyridine rings is 1. The quantitative estimate of drug-likeness (QED) is 0.895. The molecule has 0 amide bonds. The van der Waals surface area contributed by atoms with Gasteiger partial charge in [0.15, 0.2) is 0 Å². The number of piperidine rings is 1. The second kappa shape index (κ2) is 6.81. The third-order valence-electron chi connectivity index (χ3n) is 3.99. The molecule has 0 saturated carbocycles. The molecule has 21 heavy (non-hydrogen) atoms. The maximum absolute atomic E-state index is 13.8. The second-order valence-electron chi connectivity index (χ2n) is 5.58. The van der Waals surface area contributed by atoms with E-state index in [9.17, 15) is 12.8 Å². The van der Waals surface area contributed by atoms with Gasteiger partial charge in [0.2, 0.25) is 10.0 Å². The second-order valence-corrected chi connectivity index (χ2v) is 7.56. The number of sulfonamides is 1. The van der Waals surface area contributed by atoms with Crippen molar-refractivity contribution in [1.82, 2.24) is 14.6 Å². The molecule has 1 aromatic rings. The largest absolute Gasteiger partial charge is 0.312 e. The van der Waals surface area contributed by atoms with Crippen LogP contribution in [0.4, 0.5) is 4.39 Å². The molecule has 1 aromatic heterocycles. The highest BCUT2D eigenvalue weighted by Gasteiger charge is 2.28. The molecule has 0 spiro atoms. The number of hydrogen-bond donors (Lipinski definition) is 1. The van der Waals surface area contributed by atoms with Crippen LogP contribution in [-0.4, -0.2) is 44.1 Å². The molecule has 1 N–H and O–H groups in total. The average molecular weight is 315 g/mol. The Morgan fingerprint density at radius 2 is 2.33 bits per heavy atom. The number of nitrogens with one attached hydrogen (secondary N) is 1. The lowest BCUT2D eigenvalue weighted by Crippen LogP contribution is -2.40. The Morgan fingerprint density at radius 1 is 1.57 bits per heavy atom. The van der Waals surface area contributed by atoms with Gasteiger partial charge in [0.1, 0.15) is 5.82 Å². The Morgan fingerprint density at radius 3 is 2.95 bits per heavy atom. The van der Waals surface area contributed by atoms with Crippen molar-refractivity contribution < 1.29 is 12.8 Å². The van der Waals surface area contributed by atoms with E-state index in [1.807, 2.05) is 0 Å². The van der Waals surface area contributed by atoms with Crippen molar-refractivity contribution in [2.75, 3.05) is 26.4 Å². The van der Waals surface area contributed by atoms with Gasteiger partial charge >= 0.3 is 0 Å². The van der Waals surface area contributed by atoms with E-state index >= 15 is 0 Å². The van der Waals surface area contributed by atoms with E-state index < -0.39 is 10.0 Å². The van der Waals surface area contributed by atoms with Crippen molar-refractivity contribution in [3.63, 3.8) is 0 Å². The molecule has 2 atom stereocenters. The van der Waals surface area contributed by atoms with E-state index in [1.165, 1.54) is 16.6 Å². The summed E-state index contributed by atoms with van der Waals surface area (Å²) in [6.07, 6.45) is 5.30. The Hall–Kier alpha value is -1.05. The van der Waals surface area contributed by atoms with Gasteiger partial charge in [-0.25, -0.2) is 17.1 Å². The topological polar surface area (TPSA) is 62.3 Å². The minimum Gasteiger partial charge on any atom is -0.312 e. The maximum atomic E-state index is 13.8. The maximum Gasteiger partial charge on any atom is 0.211 e. The Balaban J connectivity index is 2.07. The van der Waals surface area contributed by atoms with Gasteiger partial charge in [0, 0.05) is 19.3 Å². The van der Waals surface area contributed by atoms with Gasteiger partial charge in [-0.15, -0.1) is 0 Å². The molecular formula is C14H22FN3O2S. The summed E-state index contributed by atoms with van der Waals surface area (Å²) in [5.74, 6) is -0.111. The van der Waals surface area contributed by atoms with E-state index in [4.69, 9.17) is 0 Å². The molecule has 1 saturated heterocycles. The van der Waals surface area contributed by atoms with Crippen LogP contribution in [0, 0.1) is 11.7 Å². The summed E-state index contributed by atoms with van der Waals surface area (Å²) in [5.41, 5.74) is 0.400. The highest BCUT2D eigenvalue weighted by Crippen LogP contribution is 2.28. The fraction of sp³-hybridized carbons (Fsp3) is 0.643. The summed E-state index contributed by atoms with van der Waals surface area (Å²) in [7, 11) is -1.38. The molecule has 1 fully saturated rings. The Bertz CT molecular complexity index is 579. The van der Waals surface area contributed by atoms with Gasteiger partial charge < -0.3 is 5.32 Å². The summed E-state index contributed by atoms with van der Waals surface area (Å²) in [6.45, 7) is 1.09. The van der Waals surface area contributed by atoms with Gasteiger partial charge in [-0.05, 0) is 44.4 Å². The molecule has 0 bridgehead atoms. The van der Waals surface area contributed by atoms with Crippen molar-refractivity contribution in [1.29, 1.82) is 0 Å². The predicted octanol–water partition coefficient (Wildman–Crippen LogP) is 1.54. The van der Waals surface area contributed by atoms with Crippen molar-refractivity contribution in [2.24, 2.45) is 5.92 Å². The molecule has 1 aliphatic rings. The molecular weight excluding hydrogens is 293 g/mol. The third-order valence-corrected chi connectivity index (χ3v) is 5.25. The van der Waals surface area contributed by atoms with Crippen LogP contribution in [0.25, 0.3) is 0 Å². The number of nitrogens with zero attached hydrogens (tertiary/aromatic N) is 2.